The van der Waals surface area contributed by atoms with Crippen LogP contribution in [0.4, 0.5) is 13.2 Å². The summed E-state index contributed by atoms with van der Waals surface area (Å²) in [5, 5.41) is 0.0791. The molecule has 0 nitrogen and oxygen atoms in total. The Bertz CT molecular complexity index is 657. The molecule has 0 saturated heterocycles. The lowest BCUT2D eigenvalue weighted by Gasteiger charge is -2.17. The van der Waals surface area contributed by atoms with Crippen LogP contribution < -0.4 is 0 Å². The first-order chi connectivity index (χ1) is 10.6. The number of halogens is 3. The summed E-state index contributed by atoms with van der Waals surface area (Å²) in [4.78, 5) is 1.91. The maximum atomic E-state index is 13.2. The standard InChI is InChI=1S/C18H14F3S/c19-13-1-7-16(8-2-13)22(17-9-3-14(20)4-10-17)18-11-5-15(21)6-12-18/h1-11,18H,12H2/q+1. The lowest BCUT2D eigenvalue weighted by Crippen LogP contribution is -2.21. The molecule has 1 aliphatic rings. The number of benzene rings is 2. The second kappa shape index (κ2) is 6.44. The van der Waals surface area contributed by atoms with Crippen LogP contribution >= 0.6 is 0 Å². The van der Waals surface area contributed by atoms with Gasteiger partial charge in [0.2, 0.25) is 0 Å². The van der Waals surface area contributed by atoms with E-state index in [9.17, 15) is 13.2 Å². The Morgan fingerprint density at radius 2 is 1.27 bits per heavy atom. The fourth-order valence-electron chi connectivity index (χ4n) is 2.40. The van der Waals surface area contributed by atoms with Gasteiger partial charge in [-0.2, -0.15) is 0 Å². The van der Waals surface area contributed by atoms with Gasteiger partial charge in [-0.3, -0.25) is 0 Å². The van der Waals surface area contributed by atoms with E-state index < -0.39 is 10.9 Å². The Balaban J connectivity index is 2.00. The fraction of sp³-hybridized carbons (Fsp3) is 0.111. The van der Waals surface area contributed by atoms with E-state index in [1.807, 2.05) is 6.08 Å². The van der Waals surface area contributed by atoms with Gasteiger partial charge >= 0.3 is 0 Å². The number of hydrogen-bond acceptors (Lipinski definition) is 0. The van der Waals surface area contributed by atoms with Gasteiger partial charge in [0.1, 0.15) is 17.5 Å². The minimum absolute atomic E-state index is 0.0791. The van der Waals surface area contributed by atoms with Crippen LogP contribution in [0.25, 0.3) is 0 Å². The summed E-state index contributed by atoms with van der Waals surface area (Å²) < 4.78 is 39.6. The highest BCUT2D eigenvalue weighted by Gasteiger charge is 2.34. The predicted octanol–water partition coefficient (Wildman–Crippen LogP) is 5.18. The van der Waals surface area contributed by atoms with Crippen molar-refractivity contribution >= 4 is 10.9 Å². The fourth-order valence-corrected chi connectivity index (χ4v) is 4.75. The van der Waals surface area contributed by atoms with E-state index in [1.54, 1.807) is 30.3 Å². The first-order valence-corrected chi connectivity index (χ1v) is 8.20. The van der Waals surface area contributed by atoms with Gasteiger partial charge in [-0.15, -0.1) is 0 Å². The molecule has 1 aliphatic carbocycles. The van der Waals surface area contributed by atoms with Gasteiger partial charge in [-0.25, -0.2) is 13.2 Å². The third kappa shape index (κ3) is 3.28. The molecule has 1 atom stereocenters. The van der Waals surface area contributed by atoms with Crippen LogP contribution in [0.5, 0.6) is 0 Å². The van der Waals surface area contributed by atoms with Crippen molar-refractivity contribution in [3.63, 3.8) is 0 Å². The molecule has 0 amide bonds. The Labute approximate surface area is 130 Å². The monoisotopic (exact) mass is 319 g/mol. The van der Waals surface area contributed by atoms with Gasteiger partial charge < -0.3 is 0 Å². The van der Waals surface area contributed by atoms with Crippen LogP contribution in [-0.2, 0) is 10.9 Å². The molecular weight excluding hydrogens is 305 g/mol. The molecule has 3 rings (SSSR count). The van der Waals surface area contributed by atoms with Gasteiger partial charge in [-0.05, 0) is 66.8 Å². The summed E-state index contributed by atoms with van der Waals surface area (Å²) in [7, 11) is -0.401. The van der Waals surface area contributed by atoms with E-state index >= 15 is 0 Å². The predicted molar refractivity (Wildman–Crippen MR) is 83.4 cm³/mol. The molecule has 2 aromatic rings. The third-order valence-corrected chi connectivity index (χ3v) is 5.97. The molecule has 4 heteroatoms. The molecule has 112 valence electrons. The number of rotatable bonds is 3. The highest BCUT2D eigenvalue weighted by Crippen LogP contribution is 2.32. The van der Waals surface area contributed by atoms with E-state index in [1.165, 1.54) is 30.3 Å². The van der Waals surface area contributed by atoms with Gasteiger partial charge in [0.25, 0.3) is 0 Å². The molecule has 0 N–H and O–H groups in total. The molecule has 0 radical (unpaired) electrons. The van der Waals surface area contributed by atoms with Crippen molar-refractivity contribution in [2.24, 2.45) is 0 Å². The summed E-state index contributed by atoms with van der Waals surface area (Å²) in [6, 6.07) is 12.6. The number of hydrogen-bond donors (Lipinski definition) is 0. The largest absolute Gasteiger partial charge is 0.207 e. The summed E-state index contributed by atoms with van der Waals surface area (Å²) in [5.41, 5.74) is 0. The van der Waals surface area contributed by atoms with Crippen molar-refractivity contribution in [3.05, 3.63) is 84.2 Å². The SMILES string of the molecule is FC1=CCC([S+](c2ccc(F)cc2)c2ccc(F)cc2)C=C1. The normalized spacial score (nSPS) is 17.6. The summed E-state index contributed by atoms with van der Waals surface area (Å²) in [6.07, 6.45) is 5.42. The van der Waals surface area contributed by atoms with Crippen molar-refractivity contribution in [1.82, 2.24) is 0 Å². The minimum atomic E-state index is -0.401. The molecule has 1 unspecified atom stereocenters. The maximum Gasteiger partial charge on any atom is 0.161 e. The van der Waals surface area contributed by atoms with Crippen molar-refractivity contribution in [2.45, 2.75) is 21.5 Å². The quantitative estimate of drug-likeness (QED) is 0.684. The lowest BCUT2D eigenvalue weighted by molar-refractivity contribution is 0.626. The van der Waals surface area contributed by atoms with Crippen molar-refractivity contribution in [2.75, 3.05) is 0 Å². The topological polar surface area (TPSA) is 0 Å². The summed E-state index contributed by atoms with van der Waals surface area (Å²) in [6.45, 7) is 0. The molecule has 0 spiro atoms. The highest BCUT2D eigenvalue weighted by atomic mass is 32.2. The Hall–Kier alpha value is -1.94. The van der Waals surface area contributed by atoms with Crippen molar-refractivity contribution in [3.8, 4) is 0 Å². The molecule has 22 heavy (non-hydrogen) atoms. The highest BCUT2D eigenvalue weighted by molar-refractivity contribution is 7.97. The first kappa shape index (κ1) is 15.0. The van der Waals surface area contributed by atoms with E-state index in [4.69, 9.17) is 0 Å². The van der Waals surface area contributed by atoms with E-state index in [-0.39, 0.29) is 22.7 Å². The van der Waals surface area contributed by atoms with Crippen LogP contribution in [0.2, 0.25) is 0 Å². The molecule has 0 heterocycles. The second-order valence-electron chi connectivity index (χ2n) is 4.97. The van der Waals surface area contributed by atoms with Gasteiger partial charge in [0.05, 0.1) is 10.9 Å². The molecule has 0 aliphatic heterocycles. The molecule has 0 aromatic heterocycles. The van der Waals surface area contributed by atoms with Gasteiger partial charge in [-0.1, -0.05) is 0 Å². The lowest BCUT2D eigenvalue weighted by atomic mass is 10.2. The van der Waals surface area contributed by atoms with E-state index in [2.05, 4.69) is 0 Å². The maximum absolute atomic E-state index is 13.2. The van der Waals surface area contributed by atoms with Crippen molar-refractivity contribution < 1.29 is 13.2 Å². The average Bonchev–Trinajstić information content (AvgIpc) is 2.53. The van der Waals surface area contributed by atoms with E-state index in [0.717, 1.165) is 9.79 Å². The Morgan fingerprint density at radius 1 is 0.773 bits per heavy atom. The van der Waals surface area contributed by atoms with Crippen LogP contribution in [0.1, 0.15) is 6.42 Å². The smallest absolute Gasteiger partial charge is 0.161 e. The molecule has 2 aromatic carbocycles. The second-order valence-corrected chi connectivity index (χ2v) is 7.19. The minimum Gasteiger partial charge on any atom is -0.207 e. The van der Waals surface area contributed by atoms with E-state index in [0.29, 0.717) is 6.42 Å². The molecule has 0 fully saturated rings. The van der Waals surface area contributed by atoms with Crippen molar-refractivity contribution in [1.29, 1.82) is 0 Å². The molecule has 0 bridgehead atoms. The third-order valence-electron chi connectivity index (χ3n) is 3.45. The summed E-state index contributed by atoms with van der Waals surface area (Å²) in [5.74, 6) is -0.828. The number of allylic oxidation sites excluding steroid dienone is 3. The zero-order valence-electron chi connectivity index (χ0n) is 11.7. The molecule has 0 saturated carbocycles. The van der Waals surface area contributed by atoms with Gasteiger partial charge in [0.15, 0.2) is 15.0 Å². The van der Waals surface area contributed by atoms with Gasteiger partial charge in [0, 0.05) is 6.42 Å². The zero-order valence-corrected chi connectivity index (χ0v) is 12.5. The zero-order chi connectivity index (χ0) is 15.5. The first-order valence-electron chi connectivity index (χ1n) is 6.91. The Kier molecular flexibility index (Phi) is 4.39. The van der Waals surface area contributed by atoms with Crippen LogP contribution in [0.15, 0.2) is 82.4 Å². The van der Waals surface area contributed by atoms with Crippen LogP contribution in [0, 0.1) is 11.6 Å². The summed E-state index contributed by atoms with van der Waals surface area (Å²) >= 11 is 0. The van der Waals surface area contributed by atoms with Crippen LogP contribution in [-0.4, -0.2) is 5.25 Å². The Morgan fingerprint density at radius 3 is 1.68 bits per heavy atom. The van der Waals surface area contributed by atoms with Crippen LogP contribution in [0.3, 0.4) is 0 Å². The average molecular weight is 319 g/mol. The molecular formula is C18H14F3S+.